The van der Waals surface area contributed by atoms with Crippen molar-refractivity contribution in [3.63, 3.8) is 0 Å². The van der Waals surface area contributed by atoms with Gasteiger partial charge in [0.25, 0.3) is 5.91 Å². The standard InChI is InChI=1S/C24H14BrCl2F3N2O2/c25-20-9-14(4-7-22(20)34-13-15-5-6-18(26)11-21(15)27)8-16(12-31)23(33)32-19-3-1-2-17(10-19)24(28,29)30/h1-11H,13H2,(H,32,33)/b16-8+. The van der Waals surface area contributed by atoms with Gasteiger partial charge in [0, 0.05) is 21.3 Å². The third-order valence-electron chi connectivity index (χ3n) is 4.48. The van der Waals surface area contributed by atoms with Crippen LogP contribution in [0.15, 0.2) is 70.7 Å². The molecule has 0 heterocycles. The molecule has 0 aliphatic heterocycles. The summed E-state index contributed by atoms with van der Waals surface area (Å²) in [5.74, 6) is -0.342. The lowest BCUT2D eigenvalue weighted by atomic mass is 10.1. The van der Waals surface area contributed by atoms with Crippen molar-refractivity contribution in [3.05, 3.63) is 97.4 Å². The number of alkyl halides is 3. The van der Waals surface area contributed by atoms with Gasteiger partial charge in [-0.2, -0.15) is 18.4 Å². The van der Waals surface area contributed by atoms with Gasteiger partial charge < -0.3 is 10.1 Å². The first-order valence-corrected chi connectivity index (χ1v) is 11.1. The molecule has 0 bridgehead atoms. The normalized spacial score (nSPS) is 11.6. The Bertz CT molecular complexity index is 1300. The highest BCUT2D eigenvalue weighted by molar-refractivity contribution is 9.10. The van der Waals surface area contributed by atoms with Gasteiger partial charge in [-0.05, 0) is 70.0 Å². The number of nitrogens with zero attached hydrogens (tertiary/aromatic N) is 1. The third kappa shape index (κ3) is 6.76. The number of nitriles is 1. The second-order valence-electron chi connectivity index (χ2n) is 6.92. The molecule has 0 saturated heterocycles. The lowest BCUT2D eigenvalue weighted by Gasteiger charge is -2.11. The van der Waals surface area contributed by atoms with E-state index in [9.17, 15) is 23.2 Å². The van der Waals surface area contributed by atoms with Crippen molar-refractivity contribution in [1.29, 1.82) is 5.26 Å². The van der Waals surface area contributed by atoms with Gasteiger partial charge in [-0.15, -0.1) is 0 Å². The molecule has 1 amide bonds. The summed E-state index contributed by atoms with van der Waals surface area (Å²) in [5.41, 5.74) is -0.0376. The van der Waals surface area contributed by atoms with E-state index >= 15 is 0 Å². The van der Waals surface area contributed by atoms with Crippen LogP contribution in [0.25, 0.3) is 6.08 Å². The molecule has 10 heteroatoms. The van der Waals surface area contributed by atoms with Gasteiger partial charge in [-0.3, -0.25) is 4.79 Å². The molecule has 0 saturated carbocycles. The summed E-state index contributed by atoms with van der Waals surface area (Å²) in [4.78, 5) is 12.4. The summed E-state index contributed by atoms with van der Waals surface area (Å²) in [5, 5.41) is 12.7. The van der Waals surface area contributed by atoms with Crippen LogP contribution in [0.3, 0.4) is 0 Å². The van der Waals surface area contributed by atoms with E-state index in [0.717, 1.165) is 17.7 Å². The zero-order chi connectivity index (χ0) is 24.9. The molecule has 0 aliphatic carbocycles. The molecular formula is C24H14BrCl2F3N2O2. The van der Waals surface area contributed by atoms with Crippen LogP contribution >= 0.6 is 39.1 Å². The Kier molecular flexibility index (Phi) is 8.26. The highest BCUT2D eigenvalue weighted by Crippen LogP contribution is 2.31. The van der Waals surface area contributed by atoms with Crippen LogP contribution in [0.2, 0.25) is 10.0 Å². The second-order valence-corrected chi connectivity index (χ2v) is 8.61. The van der Waals surface area contributed by atoms with Crippen LogP contribution < -0.4 is 10.1 Å². The predicted octanol–water partition coefficient (Wildman–Crippen LogP) is 7.90. The summed E-state index contributed by atoms with van der Waals surface area (Å²) < 4.78 is 44.9. The van der Waals surface area contributed by atoms with E-state index in [-0.39, 0.29) is 17.9 Å². The molecule has 0 aliphatic rings. The van der Waals surface area contributed by atoms with Gasteiger partial charge in [-0.25, -0.2) is 0 Å². The third-order valence-corrected chi connectivity index (χ3v) is 5.68. The van der Waals surface area contributed by atoms with Crippen molar-refractivity contribution in [1.82, 2.24) is 0 Å². The van der Waals surface area contributed by atoms with Crippen molar-refractivity contribution in [2.75, 3.05) is 5.32 Å². The van der Waals surface area contributed by atoms with Crippen LogP contribution in [0, 0.1) is 11.3 Å². The number of carbonyl (C=O) groups is 1. The molecule has 0 atom stereocenters. The van der Waals surface area contributed by atoms with E-state index in [2.05, 4.69) is 21.2 Å². The first-order valence-electron chi connectivity index (χ1n) is 9.53. The quantitative estimate of drug-likeness (QED) is 0.242. The Labute approximate surface area is 211 Å². The molecule has 0 fully saturated rings. The number of ether oxygens (including phenoxy) is 1. The fraction of sp³-hybridized carbons (Fsp3) is 0.0833. The minimum Gasteiger partial charge on any atom is -0.488 e. The van der Waals surface area contributed by atoms with Crippen molar-refractivity contribution in [2.24, 2.45) is 0 Å². The molecule has 3 aromatic carbocycles. The van der Waals surface area contributed by atoms with E-state index in [0.29, 0.717) is 25.8 Å². The molecule has 4 nitrogen and oxygen atoms in total. The molecule has 3 rings (SSSR count). The number of hydrogen-bond donors (Lipinski definition) is 1. The Hall–Kier alpha value is -2.99. The topological polar surface area (TPSA) is 62.1 Å². The molecule has 0 aromatic heterocycles. The molecule has 0 radical (unpaired) electrons. The van der Waals surface area contributed by atoms with E-state index in [4.69, 9.17) is 27.9 Å². The summed E-state index contributed by atoms with van der Waals surface area (Å²) >= 11 is 15.4. The van der Waals surface area contributed by atoms with Crippen LogP contribution in [0.1, 0.15) is 16.7 Å². The highest BCUT2D eigenvalue weighted by atomic mass is 79.9. The Balaban J connectivity index is 1.72. The van der Waals surface area contributed by atoms with Crippen molar-refractivity contribution in [2.45, 2.75) is 12.8 Å². The zero-order valence-electron chi connectivity index (χ0n) is 17.1. The minimum atomic E-state index is -4.55. The van der Waals surface area contributed by atoms with Crippen LogP contribution in [0.5, 0.6) is 5.75 Å². The molecule has 174 valence electrons. The van der Waals surface area contributed by atoms with Gasteiger partial charge in [0.2, 0.25) is 0 Å². The number of halogens is 6. The van der Waals surface area contributed by atoms with Gasteiger partial charge in [0.15, 0.2) is 0 Å². The zero-order valence-corrected chi connectivity index (χ0v) is 20.2. The Morgan fingerprint density at radius 1 is 1.12 bits per heavy atom. The van der Waals surface area contributed by atoms with Crippen molar-refractivity contribution in [3.8, 4) is 11.8 Å². The van der Waals surface area contributed by atoms with E-state index in [1.54, 1.807) is 42.5 Å². The number of nitrogens with one attached hydrogen (secondary N) is 1. The molecule has 0 unspecified atom stereocenters. The number of rotatable bonds is 6. The smallest absolute Gasteiger partial charge is 0.416 e. The maximum Gasteiger partial charge on any atom is 0.416 e. The van der Waals surface area contributed by atoms with Gasteiger partial charge in [0.1, 0.15) is 24.0 Å². The monoisotopic (exact) mass is 568 g/mol. The fourth-order valence-corrected chi connectivity index (χ4v) is 3.78. The maximum absolute atomic E-state index is 12.9. The van der Waals surface area contributed by atoms with Crippen LogP contribution in [0.4, 0.5) is 18.9 Å². The molecule has 0 spiro atoms. The predicted molar refractivity (Wildman–Crippen MR) is 129 cm³/mol. The molecular weight excluding hydrogens is 556 g/mol. The number of amides is 1. The number of anilines is 1. The van der Waals surface area contributed by atoms with Crippen molar-refractivity contribution < 1.29 is 22.7 Å². The van der Waals surface area contributed by atoms with Gasteiger partial charge in [0.05, 0.1) is 10.0 Å². The highest BCUT2D eigenvalue weighted by Gasteiger charge is 2.30. The Morgan fingerprint density at radius 2 is 1.88 bits per heavy atom. The van der Waals surface area contributed by atoms with E-state index < -0.39 is 17.6 Å². The summed E-state index contributed by atoms with van der Waals surface area (Å²) in [6.45, 7) is 0.187. The molecule has 3 aromatic rings. The molecule has 1 N–H and O–H groups in total. The van der Waals surface area contributed by atoms with Gasteiger partial charge in [-0.1, -0.05) is 41.4 Å². The SMILES string of the molecule is N#C/C(=C\c1ccc(OCc2ccc(Cl)cc2Cl)c(Br)c1)C(=O)Nc1cccc(C(F)(F)F)c1. The summed E-state index contributed by atoms with van der Waals surface area (Å²) in [7, 11) is 0. The summed E-state index contributed by atoms with van der Waals surface area (Å²) in [6, 6.07) is 15.9. The fourth-order valence-electron chi connectivity index (χ4n) is 2.81. The Morgan fingerprint density at radius 3 is 2.53 bits per heavy atom. The maximum atomic E-state index is 12.9. The lowest BCUT2D eigenvalue weighted by molar-refractivity contribution is -0.137. The number of hydrogen-bond acceptors (Lipinski definition) is 3. The summed E-state index contributed by atoms with van der Waals surface area (Å²) in [6.07, 6.45) is -3.24. The van der Waals surface area contributed by atoms with Crippen LogP contribution in [-0.2, 0) is 17.6 Å². The van der Waals surface area contributed by atoms with Crippen LogP contribution in [-0.4, -0.2) is 5.91 Å². The number of carbonyl (C=O) groups excluding carboxylic acids is 1. The van der Waals surface area contributed by atoms with Crippen molar-refractivity contribution >= 4 is 56.8 Å². The largest absolute Gasteiger partial charge is 0.488 e. The van der Waals surface area contributed by atoms with E-state index in [1.165, 1.54) is 18.2 Å². The average Bonchev–Trinajstić information content (AvgIpc) is 2.77. The van der Waals surface area contributed by atoms with Gasteiger partial charge >= 0.3 is 6.18 Å². The minimum absolute atomic E-state index is 0.0771. The lowest BCUT2D eigenvalue weighted by Crippen LogP contribution is -2.14. The second kappa shape index (κ2) is 11.0. The average molecular weight is 570 g/mol. The molecule has 34 heavy (non-hydrogen) atoms. The first-order chi connectivity index (χ1) is 16.1. The van der Waals surface area contributed by atoms with E-state index in [1.807, 2.05) is 0 Å². The first kappa shape index (κ1) is 25.6. The number of benzene rings is 3.